The molecule has 2 unspecified atom stereocenters. The molecule has 0 radical (unpaired) electrons. The molecule has 0 bridgehead atoms. The SMILES string of the molecule is C=C.CC.CCCC(OC)ONC=O.CNC(=O)C(C)N(C)C(=O)c1ccc(C#CC2CC2)cc1. The van der Waals surface area contributed by atoms with Gasteiger partial charge in [-0.15, -0.1) is 13.2 Å². The van der Waals surface area contributed by atoms with Crippen LogP contribution >= 0.6 is 0 Å². The summed E-state index contributed by atoms with van der Waals surface area (Å²) in [5.41, 5.74) is 3.56. The summed E-state index contributed by atoms with van der Waals surface area (Å²) in [6.45, 7) is 13.7. The van der Waals surface area contributed by atoms with E-state index in [4.69, 9.17) is 9.57 Å². The van der Waals surface area contributed by atoms with Crippen LogP contribution in [0.3, 0.4) is 0 Å². The van der Waals surface area contributed by atoms with Gasteiger partial charge in [-0.1, -0.05) is 39.0 Å². The molecule has 1 fully saturated rings. The molecular formula is C27H43N3O5. The van der Waals surface area contributed by atoms with Crippen molar-refractivity contribution in [3.8, 4) is 11.8 Å². The number of nitrogens with one attached hydrogen (secondary N) is 2. The molecule has 1 aliphatic carbocycles. The number of likely N-dealkylation sites (N-methyl/N-ethyl adjacent to an activating group) is 2. The van der Waals surface area contributed by atoms with Gasteiger partial charge in [0.1, 0.15) is 6.04 Å². The number of nitrogens with zero attached hydrogens (tertiary/aromatic N) is 1. The van der Waals surface area contributed by atoms with Gasteiger partial charge < -0.3 is 15.0 Å². The van der Waals surface area contributed by atoms with Crippen molar-refractivity contribution >= 4 is 18.2 Å². The Morgan fingerprint density at radius 1 is 1.23 bits per heavy atom. The Labute approximate surface area is 211 Å². The molecule has 1 aromatic carbocycles. The molecule has 3 amide bonds. The van der Waals surface area contributed by atoms with Crippen molar-refractivity contribution in [1.29, 1.82) is 0 Å². The normalized spacial score (nSPS) is 12.7. The van der Waals surface area contributed by atoms with Crippen LogP contribution in [0.15, 0.2) is 37.4 Å². The molecular weight excluding hydrogens is 446 g/mol. The number of rotatable bonds is 9. The van der Waals surface area contributed by atoms with Crippen LogP contribution in [-0.2, 0) is 19.2 Å². The maximum absolute atomic E-state index is 12.3. The number of hydrogen-bond acceptors (Lipinski definition) is 5. The maximum Gasteiger partial charge on any atom is 0.254 e. The highest BCUT2D eigenvalue weighted by Gasteiger charge is 2.22. The van der Waals surface area contributed by atoms with Crippen LogP contribution in [0.5, 0.6) is 0 Å². The van der Waals surface area contributed by atoms with E-state index in [-0.39, 0.29) is 18.1 Å². The number of benzene rings is 1. The first-order chi connectivity index (χ1) is 16.9. The van der Waals surface area contributed by atoms with Gasteiger partial charge in [0.25, 0.3) is 5.91 Å². The first-order valence-corrected chi connectivity index (χ1v) is 11.9. The second-order valence-corrected chi connectivity index (χ2v) is 7.13. The minimum absolute atomic E-state index is 0.173. The molecule has 8 nitrogen and oxygen atoms in total. The number of carbonyl (C=O) groups is 3. The minimum atomic E-state index is -0.503. The highest BCUT2D eigenvalue weighted by atomic mass is 16.8. The third kappa shape index (κ3) is 14.7. The molecule has 1 aromatic rings. The first kappa shape index (κ1) is 34.0. The van der Waals surface area contributed by atoms with Crippen LogP contribution in [-0.4, -0.2) is 56.7 Å². The van der Waals surface area contributed by atoms with E-state index in [1.54, 1.807) is 33.2 Å². The van der Waals surface area contributed by atoms with E-state index in [0.717, 1.165) is 18.4 Å². The van der Waals surface area contributed by atoms with Crippen LogP contribution in [0.2, 0.25) is 0 Å². The van der Waals surface area contributed by atoms with E-state index in [1.807, 2.05) is 32.9 Å². The zero-order valence-corrected chi connectivity index (χ0v) is 22.3. The molecule has 196 valence electrons. The lowest BCUT2D eigenvalue weighted by Gasteiger charge is -2.23. The van der Waals surface area contributed by atoms with Gasteiger partial charge in [-0.25, -0.2) is 10.3 Å². The zero-order valence-electron chi connectivity index (χ0n) is 22.3. The molecule has 1 aliphatic rings. The molecule has 1 saturated carbocycles. The Morgan fingerprint density at radius 2 is 1.80 bits per heavy atom. The van der Waals surface area contributed by atoms with Crippen molar-refractivity contribution in [3.05, 3.63) is 48.6 Å². The summed E-state index contributed by atoms with van der Waals surface area (Å²) in [4.78, 5) is 39.8. The van der Waals surface area contributed by atoms with Gasteiger partial charge in [0, 0.05) is 44.7 Å². The quantitative estimate of drug-likeness (QED) is 0.180. The highest BCUT2D eigenvalue weighted by molar-refractivity contribution is 5.97. The Hall–Kier alpha value is -3.15. The van der Waals surface area contributed by atoms with E-state index < -0.39 is 6.04 Å². The Bertz CT molecular complexity index is 782. The Balaban J connectivity index is 0. The van der Waals surface area contributed by atoms with Crippen molar-refractivity contribution < 1.29 is 24.0 Å². The summed E-state index contributed by atoms with van der Waals surface area (Å²) in [6.07, 6.45) is 4.28. The lowest BCUT2D eigenvalue weighted by molar-refractivity contribution is -0.172. The van der Waals surface area contributed by atoms with Crippen LogP contribution in [0.4, 0.5) is 0 Å². The van der Waals surface area contributed by atoms with E-state index in [2.05, 4.69) is 35.8 Å². The van der Waals surface area contributed by atoms with Gasteiger partial charge >= 0.3 is 0 Å². The Morgan fingerprint density at radius 3 is 2.23 bits per heavy atom. The van der Waals surface area contributed by atoms with Gasteiger partial charge in [-0.2, -0.15) is 0 Å². The van der Waals surface area contributed by atoms with Crippen LogP contribution < -0.4 is 10.8 Å². The number of hydroxylamine groups is 1. The topological polar surface area (TPSA) is 97.0 Å². The molecule has 2 atom stereocenters. The van der Waals surface area contributed by atoms with E-state index in [0.29, 0.717) is 17.9 Å². The zero-order chi connectivity index (χ0) is 27.2. The molecule has 8 heteroatoms. The second-order valence-electron chi connectivity index (χ2n) is 7.13. The van der Waals surface area contributed by atoms with Crippen LogP contribution in [0.1, 0.15) is 69.3 Å². The fourth-order valence-electron chi connectivity index (χ4n) is 2.44. The molecule has 0 aromatic heterocycles. The first-order valence-electron chi connectivity index (χ1n) is 11.9. The summed E-state index contributed by atoms with van der Waals surface area (Å²) < 4.78 is 4.85. The molecule has 2 rings (SSSR count). The van der Waals surface area contributed by atoms with Gasteiger partial charge in [0.05, 0.1) is 0 Å². The van der Waals surface area contributed by atoms with E-state index >= 15 is 0 Å². The minimum Gasteiger partial charge on any atom is -0.357 e. The van der Waals surface area contributed by atoms with Gasteiger partial charge in [0.15, 0.2) is 6.29 Å². The smallest absolute Gasteiger partial charge is 0.254 e. The van der Waals surface area contributed by atoms with Gasteiger partial charge in [-0.3, -0.25) is 14.4 Å². The predicted molar refractivity (Wildman–Crippen MR) is 140 cm³/mol. The third-order valence-corrected chi connectivity index (χ3v) is 4.69. The van der Waals surface area contributed by atoms with Gasteiger partial charge in [-0.05, 0) is 44.0 Å². The lowest BCUT2D eigenvalue weighted by atomic mass is 10.1. The van der Waals surface area contributed by atoms with Crippen molar-refractivity contribution in [2.75, 3.05) is 21.2 Å². The van der Waals surface area contributed by atoms with Crippen molar-refractivity contribution in [1.82, 2.24) is 15.7 Å². The summed E-state index contributed by atoms with van der Waals surface area (Å²) in [5, 5.41) is 2.54. The van der Waals surface area contributed by atoms with Crippen LogP contribution in [0, 0.1) is 17.8 Å². The largest absolute Gasteiger partial charge is 0.357 e. The standard InChI is InChI=1S/C17H20N2O2.C6H13NO3.C2H6.C2H4/c1-12(16(20)18-2)19(3)17(21)15-10-8-14(9-11-15)7-6-13-4-5-13;1-3-4-6(9-2)10-7-5-8;2*1-2/h8-13H,4-5H2,1-3H3,(H,18,20);5-6H,3-4H2,1-2H3,(H,7,8);1-2H3;1-2H2. The predicted octanol–water partition coefficient (Wildman–Crippen LogP) is 3.92. The monoisotopic (exact) mass is 489 g/mol. The number of methoxy groups -OCH3 is 1. The number of amides is 3. The molecule has 0 heterocycles. The highest BCUT2D eigenvalue weighted by Crippen LogP contribution is 2.27. The van der Waals surface area contributed by atoms with Crippen molar-refractivity contribution in [3.63, 3.8) is 0 Å². The fraction of sp³-hybridized carbons (Fsp3) is 0.519. The fourth-order valence-corrected chi connectivity index (χ4v) is 2.44. The van der Waals surface area contributed by atoms with Crippen molar-refractivity contribution in [2.45, 2.75) is 65.7 Å². The number of ether oxygens (including phenoxy) is 1. The third-order valence-electron chi connectivity index (χ3n) is 4.69. The van der Waals surface area contributed by atoms with Crippen molar-refractivity contribution in [2.24, 2.45) is 5.92 Å². The van der Waals surface area contributed by atoms with E-state index in [1.165, 1.54) is 24.9 Å². The lowest BCUT2D eigenvalue weighted by Crippen LogP contribution is -2.44. The summed E-state index contributed by atoms with van der Waals surface area (Å²) in [6, 6.07) is 6.71. The second kappa shape index (κ2) is 21.4. The molecule has 35 heavy (non-hydrogen) atoms. The molecule has 0 saturated heterocycles. The Kier molecular flexibility index (Phi) is 20.8. The van der Waals surface area contributed by atoms with Crippen LogP contribution in [0.25, 0.3) is 0 Å². The molecule has 2 N–H and O–H groups in total. The van der Waals surface area contributed by atoms with Gasteiger partial charge in [0.2, 0.25) is 12.3 Å². The number of hydrogen-bond donors (Lipinski definition) is 2. The summed E-state index contributed by atoms with van der Waals surface area (Å²) in [7, 11) is 4.72. The molecule has 0 spiro atoms. The number of carbonyl (C=O) groups excluding carboxylic acids is 3. The summed E-state index contributed by atoms with van der Waals surface area (Å²) in [5.74, 6) is 6.50. The van der Waals surface area contributed by atoms with E-state index in [9.17, 15) is 14.4 Å². The average molecular weight is 490 g/mol. The maximum atomic E-state index is 12.3. The summed E-state index contributed by atoms with van der Waals surface area (Å²) >= 11 is 0. The molecule has 0 aliphatic heterocycles. The average Bonchev–Trinajstić information content (AvgIpc) is 3.75.